The number of nitrogens with two attached hydrogens (primary N) is 2. The molecule has 4 nitrogen and oxygen atoms in total. The highest BCUT2D eigenvalue weighted by Gasteiger charge is 2.07. The van der Waals surface area contributed by atoms with Gasteiger partial charge in [-0.3, -0.25) is 0 Å². The maximum Gasteiger partial charge on any atom is 0.141 e. The highest BCUT2D eigenvalue weighted by atomic mass is 16.5. The van der Waals surface area contributed by atoms with Crippen molar-refractivity contribution in [3.63, 3.8) is 0 Å². The molecule has 0 heterocycles. The fourth-order valence-corrected chi connectivity index (χ4v) is 1.55. The summed E-state index contributed by atoms with van der Waals surface area (Å²) in [4.78, 5) is 0. The molecule has 0 aromatic heterocycles. The number of methoxy groups -OCH3 is 1. The van der Waals surface area contributed by atoms with E-state index in [1.165, 1.54) is 5.56 Å². The zero-order chi connectivity index (χ0) is 12.8. The molecule has 1 aromatic rings. The minimum atomic E-state index is -0.0394. The summed E-state index contributed by atoms with van der Waals surface area (Å²) >= 11 is 0. The van der Waals surface area contributed by atoms with Crippen LogP contribution in [0, 0.1) is 0 Å². The number of nitrogens with one attached hydrogen (secondary N) is 1. The van der Waals surface area contributed by atoms with E-state index in [-0.39, 0.29) is 6.04 Å². The van der Waals surface area contributed by atoms with E-state index in [4.69, 9.17) is 16.2 Å². The van der Waals surface area contributed by atoms with Crippen molar-refractivity contribution < 1.29 is 4.74 Å². The first-order chi connectivity index (χ1) is 8.08. The lowest BCUT2D eigenvalue weighted by Crippen LogP contribution is -2.36. The number of rotatable bonds is 6. The summed E-state index contributed by atoms with van der Waals surface area (Å²) < 4.78 is 5.31. The van der Waals surface area contributed by atoms with Gasteiger partial charge in [0.05, 0.1) is 12.8 Å². The number of hydrogen-bond acceptors (Lipinski definition) is 4. The predicted molar refractivity (Wildman–Crippen MR) is 72.6 cm³/mol. The van der Waals surface area contributed by atoms with Crippen molar-refractivity contribution in [1.29, 1.82) is 0 Å². The van der Waals surface area contributed by atoms with Crippen LogP contribution in [0.3, 0.4) is 0 Å². The Kier molecular flexibility index (Phi) is 5.25. The van der Waals surface area contributed by atoms with E-state index in [0.717, 1.165) is 11.4 Å². The van der Waals surface area contributed by atoms with Gasteiger partial charge in [0, 0.05) is 19.1 Å². The molecule has 1 unspecified atom stereocenters. The van der Waals surface area contributed by atoms with Gasteiger partial charge >= 0.3 is 0 Å². The normalized spacial score (nSPS) is 12.6. The summed E-state index contributed by atoms with van der Waals surface area (Å²) in [7, 11) is 1.67. The van der Waals surface area contributed by atoms with Crippen LogP contribution in [-0.2, 0) is 0 Å². The van der Waals surface area contributed by atoms with E-state index in [1.54, 1.807) is 7.11 Å². The molecule has 0 saturated carbocycles. The molecule has 0 radical (unpaired) electrons. The molecule has 1 aromatic carbocycles. The van der Waals surface area contributed by atoms with Gasteiger partial charge in [0.1, 0.15) is 5.75 Å². The van der Waals surface area contributed by atoms with E-state index in [2.05, 4.69) is 31.3 Å². The van der Waals surface area contributed by atoms with E-state index in [1.807, 2.05) is 6.07 Å². The average Bonchev–Trinajstić information content (AvgIpc) is 2.35. The van der Waals surface area contributed by atoms with Crippen LogP contribution >= 0.6 is 0 Å². The van der Waals surface area contributed by atoms with Gasteiger partial charge in [-0.05, 0) is 23.6 Å². The van der Waals surface area contributed by atoms with Crippen molar-refractivity contribution in [2.75, 3.05) is 25.5 Å². The molecule has 0 saturated heterocycles. The fourth-order valence-electron chi connectivity index (χ4n) is 1.55. The minimum absolute atomic E-state index is 0.0394. The van der Waals surface area contributed by atoms with Gasteiger partial charge in [-0.2, -0.15) is 0 Å². The molecule has 1 atom stereocenters. The number of ether oxygens (including phenoxy) is 1. The first kappa shape index (κ1) is 13.8. The molecule has 0 aliphatic rings. The second-order valence-electron chi connectivity index (χ2n) is 4.49. The number of benzene rings is 1. The lowest BCUT2D eigenvalue weighted by molar-refractivity contribution is 0.416. The average molecular weight is 237 g/mol. The summed E-state index contributed by atoms with van der Waals surface area (Å²) in [6, 6.07) is 6.12. The molecule has 0 aliphatic carbocycles. The predicted octanol–water partition coefficient (Wildman–Crippen LogP) is 1.52. The zero-order valence-electron chi connectivity index (χ0n) is 10.9. The van der Waals surface area contributed by atoms with Crippen LogP contribution in [0.4, 0.5) is 5.69 Å². The minimum Gasteiger partial charge on any atom is -0.495 e. The molecule has 5 N–H and O–H groups in total. The van der Waals surface area contributed by atoms with Crippen molar-refractivity contribution in [3.8, 4) is 5.75 Å². The van der Waals surface area contributed by atoms with Crippen LogP contribution in [0.1, 0.15) is 25.3 Å². The summed E-state index contributed by atoms with van der Waals surface area (Å²) in [5.41, 5.74) is 13.5. The van der Waals surface area contributed by atoms with Crippen molar-refractivity contribution in [2.24, 2.45) is 11.5 Å². The molecule has 0 aliphatic heterocycles. The Balaban J connectivity index is 2.82. The summed E-state index contributed by atoms with van der Waals surface area (Å²) in [5, 5.41) is 3.28. The second-order valence-corrected chi connectivity index (χ2v) is 4.49. The van der Waals surface area contributed by atoms with Crippen LogP contribution in [-0.4, -0.2) is 26.2 Å². The van der Waals surface area contributed by atoms with Crippen molar-refractivity contribution in [3.05, 3.63) is 23.8 Å². The van der Waals surface area contributed by atoms with Crippen LogP contribution in [0.25, 0.3) is 0 Å². The van der Waals surface area contributed by atoms with Gasteiger partial charge in [-0.1, -0.05) is 19.9 Å². The molecule has 96 valence electrons. The molecule has 17 heavy (non-hydrogen) atoms. The SMILES string of the molecule is COc1ccc(C(C)C)cc1NCC(N)CN. The van der Waals surface area contributed by atoms with Gasteiger partial charge in [0.25, 0.3) is 0 Å². The van der Waals surface area contributed by atoms with Gasteiger partial charge in [-0.15, -0.1) is 0 Å². The van der Waals surface area contributed by atoms with Crippen LogP contribution in [0.2, 0.25) is 0 Å². The molecule has 0 bridgehead atoms. The Morgan fingerprint density at radius 2 is 2.06 bits per heavy atom. The van der Waals surface area contributed by atoms with Crippen LogP contribution in [0.15, 0.2) is 18.2 Å². The first-order valence-corrected chi connectivity index (χ1v) is 5.96. The third-order valence-corrected chi connectivity index (χ3v) is 2.75. The number of anilines is 1. The maximum atomic E-state index is 5.78. The van der Waals surface area contributed by atoms with Gasteiger partial charge in [-0.25, -0.2) is 0 Å². The maximum absolute atomic E-state index is 5.78. The lowest BCUT2D eigenvalue weighted by atomic mass is 10.0. The Morgan fingerprint density at radius 1 is 1.35 bits per heavy atom. The quantitative estimate of drug-likeness (QED) is 0.701. The van der Waals surface area contributed by atoms with Gasteiger partial charge in [0.15, 0.2) is 0 Å². The lowest BCUT2D eigenvalue weighted by Gasteiger charge is -2.16. The Bertz CT molecular complexity index is 353. The fraction of sp³-hybridized carbons (Fsp3) is 0.538. The van der Waals surface area contributed by atoms with Crippen LogP contribution in [0.5, 0.6) is 5.75 Å². The third-order valence-electron chi connectivity index (χ3n) is 2.75. The molecule has 0 amide bonds. The molecular formula is C13H23N3O. The summed E-state index contributed by atoms with van der Waals surface area (Å²) in [5.74, 6) is 1.32. The molecule has 1 rings (SSSR count). The van der Waals surface area contributed by atoms with E-state index < -0.39 is 0 Å². The number of hydrogen-bond donors (Lipinski definition) is 3. The molecule has 0 fully saturated rings. The largest absolute Gasteiger partial charge is 0.495 e. The first-order valence-electron chi connectivity index (χ1n) is 5.96. The molecule has 4 heteroatoms. The molecule has 0 spiro atoms. The summed E-state index contributed by atoms with van der Waals surface area (Å²) in [6.07, 6.45) is 0. The van der Waals surface area contributed by atoms with Gasteiger partial charge < -0.3 is 21.5 Å². The summed E-state index contributed by atoms with van der Waals surface area (Å²) in [6.45, 7) is 5.45. The second kappa shape index (κ2) is 6.47. The van der Waals surface area contributed by atoms with Crippen molar-refractivity contribution in [2.45, 2.75) is 25.8 Å². The highest BCUT2D eigenvalue weighted by molar-refractivity contribution is 5.58. The van der Waals surface area contributed by atoms with Gasteiger partial charge in [0.2, 0.25) is 0 Å². The third kappa shape index (κ3) is 3.91. The monoisotopic (exact) mass is 237 g/mol. The Morgan fingerprint density at radius 3 is 2.59 bits per heavy atom. The highest BCUT2D eigenvalue weighted by Crippen LogP contribution is 2.28. The van der Waals surface area contributed by atoms with E-state index in [0.29, 0.717) is 19.0 Å². The standard InChI is InChI=1S/C13H23N3O/c1-9(2)10-4-5-13(17-3)12(6-10)16-8-11(15)7-14/h4-6,9,11,16H,7-8,14-15H2,1-3H3. The zero-order valence-corrected chi connectivity index (χ0v) is 10.9. The van der Waals surface area contributed by atoms with E-state index in [9.17, 15) is 0 Å². The van der Waals surface area contributed by atoms with E-state index >= 15 is 0 Å². The van der Waals surface area contributed by atoms with Crippen molar-refractivity contribution >= 4 is 5.69 Å². The smallest absolute Gasteiger partial charge is 0.141 e. The Labute approximate surface area is 103 Å². The topological polar surface area (TPSA) is 73.3 Å². The van der Waals surface area contributed by atoms with Crippen LogP contribution < -0.4 is 21.5 Å². The van der Waals surface area contributed by atoms with Crippen molar-refractivity contribution in [1.82, 2.24) is 0 Å². The molecular weight excluding hydrogens is 214 g/mol. The Hall–Kier alpha value is -1.26.